The molecule has 2 heterocycles. The SMILES string of the molecule is CCc1c(C(=O)Nc2ccc(Cl)c(C(=O)NC)c2)cnn1-c1ccccn1. The van der Waals surface area contributed by atoms with Gasteiger partial charge in [0.25, 0.3) is 11.8 Å². The van der Waals surface area contributed by atoms with Crippen LogP contribution in [0.5, 0.6) is 0 Å². The van der Waals surface area contributed by atoms with Crippen molar-refractivity contribution in [2.75, 3.05) is 12.4 Å². The molecule has 3 aromatic rings. The van der Waals surface area contributed by atoms with Crippen LogP contribution in [-0.2, 0) is 6.42 Å². The number of amides is 2. The Balaban J connectivity index is 1.89. The third kappa shape index (κ3) is 3.83. The first kappa shape index (κ1) is 18.6. The fourth-order valence-corrected chi connectivity index (χ4v) is 2.89. The van der Waals surface area contributed by atoms with Gasteiger partial charge in [-0.1, -0.05) is 24.6 Å². The minimum absolute atomic E-state index is 0.289. The Morgan fingerprint density at radius 1 is 1.15 bits per heavy atom. The molecule has 0 atom stereocenters. The summed E-state index contributed by atoms with van der Waals surface area (Å²) in [5.41, 5.74) is 1.94. The number of anilines is 1. The van der Waals surface area contributed by atoms with Crippen molar-refractivity contribution < 1.29 is 9.59 Å². The lowest BCUT2D eigenvalue weighted by Crippen LogP contribution is -2.19. The highest BCUT2D eigenvalue weighted by atomic mass is 35.5. The number of carbonyl (C=O) groups is 2. The molecular formula is C19H18ClN5O2. The molecule has 0 fully saturated rings. The molecule has 2 amide bonds. The molecular weight excluding hydrogens is 366 g/mol. The van der Waals surface area contributed by atoms with Crippen LogP contribution in [0.1, 0.15) is 33.3 Å². The first-order valence-electron chi connectivity index (χ1n) is 8.36. The minimum atomic E-state index is -0.326. The maximum Gasteiger partial charge on any atom is 0.259 e. The van der Waals surface area contributed by atoms with Gasteiger partial charge in [0, 0.05) is 18.9 Å². The van der Waals surface area contributed by atoms with E-state index in [0.29, 0.717) is 28.5 Å². The molecule has 0 saturated carbocycles. The van der Waals surface area contributed by atoms with Crippen LogP contribution in [0.25, 0.3) is 5.82 Å². The molecule has 27 heavy (non-hydrogen) atoms. The van der Waals surface area contributed by atoms with Crippen molar-refractivity contribution in [3.63, 3.8) is 0 Å². The van der Waals surface area contributed by atoms with Crippen LogP contribution in [0.15, 0.2) is 48.8 Å². The van der Waals surface area contributed by atoms with Crippen LogP contribution < -0.4 is 10.6 Å². The largest absolute Gasteiger partial charge is 0.355 e. The Bertz CT molecular complexity index is 985. The molecule has 138 valence electrons. The maximum absolute atomic E-state index is 12.8. The minimum Gasteiger partial charge on any atom is -0.355 e. The van der Waals surface area contributed by atoms with Crippen LogP contribution in [0.4, 0.5) is 5.69 Å². The van der Waals surface area contributed by atoms with Crippen molar-refractivity contribution in [2.45, 2.75) is 13.3 Å². The predicted molar refractivity (Wildman–Crippen MR) is 104 cm³/mol. The number of pyridine rings is 1. The van der Waals surface area contributed by atoms with E-state index in [1.165, 1.54) is 19.3 Å². The number of carbonyl (C=O) groups excluding carboxylic acids is 2. The highest BCUT2D eigenvalue weighted by Crippen LogP contribution is 2.22. The lowest BCUT2D eigenvalue weighted by Gasteiger charge is -2.10. The molecule has 3 rings (SSSR count). The average molecular weight is 384 g/mol. The standard InChI is InChI=1S/C19H18ClN5O2/c1-3-16-14(11-23-25(16)17-6-4-5-9-22-17)19(27)24-12-7-8-15(20)13(10-12)18(26)21-2/h4-11H,3H2,1-2H3,(H,21,26)(H,24,27). The average Bonchev–Trinajstić information content (AvgIpc) is 3.13. The summed E-state index contributed by atoms with van der Waals surface area (Å²) in [5.74, 6) is -0.00526. The summed E-state index contributed by atoms with van der Waals surface area (Å²) in [5, 5.41) is 9.92. The van der Waals surface area contributed by atoms with E-state index in [1.807, 2.05) is 25.1 Å². The lowest BCUT2D eigenvalue weighted by atomic mass is 10.1. The fourth-order valence-electron chi connectivity index (χ4n) is 2.69. The number of aromatic nitrogens is 3. The summed E-state index contributed by atoms with van der Waals surface area (Å²) in [4.78, 5) is 28.9. The highest BCUT2D eigenvalue weighted by Gasteiger charge is 2.18. The highest BCUT2D eigenvalue weighted by molar-refractivity contribution is 6.34. The Hall–Kier alpha value is -3.19. The molecule has 0 spiro atoms. The van der Waals surface area contributed by atoms with Gasteiger partial charge in [-0.3, -0.25) is 9.59 Å². The van der Waals surface area contributed by atoms with Gasteiger partial charge >= 0.3 is 0 Å². The molecule has 0 unspecified atom stereocenters. The van der Waals surface area contributed by atoms with Crippen LogP contribution >= 0.6 is 11.6 Å². The molecule has 0 aliphatic rings. The molecule has 2 N–H and O–H groups in total. The third-order valence-corrected chi connectivity index (χ3v) is 4.34. The molecule has 0 bridgehead atoms. The van der Waals surface area contributed by atoms with E-state index in [0.717, 1.165) is 5.69 Å². The van der Waals surface area contributed by atoms with Gasteiger partial charge in [0.1, 0.15) is 0 Å². The van der Waals surface area contributed by atoms with E-state index in [1.54, 1.807) is 23.0 Å². The van der Waals surface area contributed by atoms with E-state index < -0.39 is 0 Å². The van der Waals surface area contributed by atoms with Crippen molar-refractivity contribution in [3.05, 3.63) is 70.6 Å². The normalized spacial score (nSPS) is 10.5. The van der Waals surface area contributed by atoms with Crippen LogP contribution in [0.3, 0.4) is 0 Å². The van der Waals surface area contributed by atoms with E-state index in [9.17, 15) is 9.59 Å². The lowest BCUT2D eigenvalue weighted by molar-refractivity contribution is 0.0961. The van der Waals surface area contributed by atoms with E-state index in [2.05, 4.69) is 20.7 Å². The smallest absolute Gasteiger partial charge is 0.259 e. The zero-order valence-corrected chi connectivity index (χ0v) is 15.6. The quantitative estimate of drug-likeness (QED) is 0.708. The molecule has 0 aliphatic carbocycles. The Labute approximate surface area is 161 Å². The monoisotopic (exact) mass is 383 g/mol. The van der Waals surface area contributed by atoms with Crippen molar-refractivity contribution in [3.8, 4) is 5.82 Å². The number of halogens is 1. The summed E-state index contributed by atoms with van der Waals surface area (Å²) in [6.45, 7) is 1.94. The molecule has 1 aromatic carbocycles. The molecule has 7 nitrogen and oxygen atoms in total. The zero-order chi connectivity index (χ0) is 19.4. The number of rotatable bonds is 5. The first-order valence-corrected chi connectivity index (χ1v) is 8.74. The van der Waals surface area contributed by atoms with Gasteiger partial charge in [-0.15, -0.1) is 0 Å². The second-order valence-electron chi connectivity index (χ2n) is 5.69. The molecule has 2 aromatic heterocycles. The van der Waals surface area contributed by atoms with Gasteiger partial charge < -0.3 is 10.6 Å². The van der Waals surface area contributed by atoms with E-state index in [-0.39, 0.29) is 17.4 Å². The van der Waals surface area contributed by atoms with Gasteiger partial charge in [0.2, 0.25) is 0 Å². The van der Waals surface area contributed by atoms with Crippen LogP contribution in [0, 0.1) is 0 Å². The van der Waals surface area contributed by atoms with Gasteiger partial charge in [-0.25, -0.2) is 9.67 Å². The molecule has 0 radical (unpaired) electrons. The van der Waals surface area contributed by atoms with E-state index in [4.69, 9.17) is 11.6 Å². The number of hydrogen-bond acceptors (Lipinski definition) is 4. The zero-order valence-electron chi connectivity index (χ0n) is 14.9. The number of benzene rings is 1. The topological polar surface area (TPSA) is 88.9 Å². The summed E-state index contributed by atoms with van der Waals surface area (Å²) < 4.78 is 1.65. The number of hydrogen-bond donors (Lipinski definition) is 2. The maximum atomic E-state index is 12.8. The van der Waals surface area contributed by atoms with Crippen molar-refractivity contribution in [2.24, 2.45) is 0 Å². The van der Waals surface area contributed by atoms with Crippen molar-refractivity contribution in [1.82, 2.24) is 20.1 Å². The first-order chi connectivity index (χ1) is 13.0. The Kier molecular flexibility index (Phi) is 5.52. The number of nitrogens with zero attached hydrogens (tertiary/aromatic N) is 3. The van der Waals surface area contributed by atoms with Gasteiger partial charge in [-0.05, 0) is 36.8 Å². The number of nitrogens with one attached hydrogen (secondary N) is 2. The predicted octanol–water partition coefficient (Wildman–Crippen LogP) is 3.10. The van der Waals surface area contributed by atoms with Gasteiger partial charge in [0.15, 0.2) is 5.82 Å². The Morgan fingerprint density at radius 2 is 1.96 bits per heavy atom. The Morgan fingerprint density at radius 3 is 2.63 bits per heavy atom. The molecule has 8 heteroatoms. The summed E-state index contributed by atoms with van der Waals surface area (Å²) in [6.07, 6.45) is 3.78. The summed E-state index contributed by atoms with van der Waals surface area (Å²) >= 11 is 6.05. The van der Waals surface area contributed by atoms with Crippen molar-refractivity contribution >= 4 is 29.1 Å². The third-order valence-electron chi connectivity index (χ3n) is 4.01. The second kappa shape index (κ2) is 8.01. The van der Waals surface area contributed by atoms with E-state index >= 15 is 0 Å². The van der Waals surface area contributed by atoms with Gasteiger partial charge in [-0.2, -0.15) is 5.10 Å². The second-order valence-corrected chi connectivity index (χ2v) is 6.09. The van der Waals surface area contributed by atoms with Crippen LogP contribution in [0.2, 0.25) is 5.02 Å². The molecule has 0 saturated heterocycles. The van der Waals surface area contributed by atoms with Crippen molar-refractivity contribution in [1.29, 1.82) is 0 Å². The van der Waals surface area contributed by atoms with Gasteiger partial charge in [0.05, 0.1) is 28.0 Å². The molecule has 0 aliphatic heterocycles. The fraction of sp³-hybridized carbons (Fsp3) is 0.158. The summed E-state index contributed by atoms with van der Waals surface area (Å²) in [7, 11) is 1.52. The summed E-state index contributed by atoms with van der Waals surface area (Å²) in [6, 6.07) is 10.2. The van der Waals surface area contributed by atoms with Crippen LogP contribution in [-0.4, -0.2) is 33.6 Å².